The fourth-order valence-corrected chi connectivity index (χ4v) is 4.21. The van der Waals surface area contributed by atoms with Gasteiger partial charge < -0.3 is 32.7 Å². The summed E-state index contributed by atoms with van der Waals surface area (Å²) < 4.78 is 0. The molecular weight excluding hydrogens is 506 g/mol. The van der Waals surface area contributed by atoms with E-state index in [2.05, 4.69) is 15.6 Å². The summed E-state index contributed by atoms with van der Waals surface area (Å²) in [6.07, 6.45) is 2.44. The number of nitrogens with two attached hydrogens (primary N) is 3. The van der Waals surface area contributed by atoms with Crippen LogP contribution in [0.25, 0.3) is 11.3 Å². The van der Waals surface area contributed by atoms with Crippen molar-refractivity contribution < 1.29 is 14.4 Å². The van der Waals surface area contributed by atoms with Gasteiger partial charge in [-0.1, -0.05) is 66.7 Å². The Bertz CT molecular complexity index is 1200. The molecule has 0 bridgehead atoms. The zero-order valence-corrected chi connectivity index (χ0v) is 22.7. The largest absolute Gasteiger partial charge is 0.350 e. The van der Waals surface area contributed by atoms with Crippen molar-refractivity contribution in [2.24, 2.45) is 17.2 Å². The number of aryl methyl sites for hydroxylation is 1. The summed E-state index contributed by atoms with van der Waals surface area (Å²) in [6.45, 7) is 1.45. The molecule has 8 N–H and O–H groups in total. The highest BCUT2D eigenvalue weighted by Gasteiger charge is 2.26. The second kappa shape index (κ2) is 16.1. The van der Waals surface area contributed by atoms with Crippen molar-refractivity contribution in [3.63, 3.8) is 0 Å². The van der Waals surface area contributed by atoms with Crippen LogP contribution in [0.5, 0.6) is 0 Å². The Balaban J connectivity index is 1.62. The molecule has 0 radical (unpaired) electrons. The molecule has 3 amide bonds. The van der Waals surface area contributed by atoms with E-state index in [1.807, 2.05) is 72.8 Å². The molecule has 0 fully saturated rings. The normalized spacial score (nSPS) is 12.3. The van der Waals surface area contributed by atoms with Gasteiger partial charge in [0.1, 0.15) is 6.04 Å². The van der Waals surface area contributed by atoms with Crippen molar-refractivity contribution in [1.82, 2.24) is 20.5 Å². The SMILES string of the molecule is NCCN(CCN)C(=O)C[C@H](N)C(=O)N[C@@H](CCc1ccccc1)C(=O)NCc1ccc(-c2ccccc2)nc1. The average Bonchev–Trinajstić information content (AvgIpc) is 2.99. The van der Waals surface area contributed by atoms with Gasteiger partial charge in [-0.05, 0) is 30.0 Å². The number of benzene rings is 2. The van der Waals surface area contributed by atoms with Crippen LogP contribution >= 0.6 is 0 Å². The molecule has 1 aromatic heterocycles. The van der Waals surface area contributed by atoms with E-state index in [0.29, 0.717) is 25.9 Å². The number of pyridine rings is 1. The molecule has 0 aliphatic carbocycles. The molecule has 0 unspecified atom stereocenters. The summed E-state index contributed by atoms with van der Waals surface area (Å²) >= 11 is 0. The molecule has 3 rings (SSSR count). The molecule has 0 saturated carbocycles. The fraction of sp³-hybridized carbons (Fsp3) is 0.333. The van der Waals surface area contributed by atoms with Crippen LogP contribution in [0.3, 0.4) is 0 Å². The van der Waals surface area contributed by atoms with Crippen LogP contribution in [0.15, 0.2) is 79.0 Å². The van der Waals surface area contributed by atoms with Crippen molar-refractivity contribution in [2.75, 3.05) is 26.2 Å². The zero-order valence-electron chi connectivity index (χ0n) is 22.7. The van der Waals surface area contributed by atoms with Crippen LogP contribution in [-0.4, -0.2) is 65.9 Å². The zero-order chi connectivity index (χ0) is 28.7. The van der Waals surface area contributed by atoms with E-state index in [1.165, 1.54) is 4.90 Å². The molecule has 10 heteroatoms. The first-order valence-electron chi connectivity index (χ1n) is 13.5. The first-order chi connectivity index (χ1) is 19.4. The third kappa shape index (κ3) is 9.57. The van der Waals surface area contributed by atoms with Gasteiger partial charge >= 0.3 is 0 Å². The molecule has 3 aromatic rings. The van der Waals surface area contributed by atoms with E-state index in [1.54, 1.807) is 6.20 Å². The first kappa shape index (κ1) is 30.4. The first-order valence-corrected chi connectivity index (χ1v) is 13.5. The van der Waals surface area contributed by atoms with Crippen molar-refractivity contribution in [1.29, 1.82) is 0 Å². The van der Waals surface area contributed by atoms with Crippen LogP contribution in [0.1, 0.15) is 24.0 Å². The minimum atomic E-state index is -1.12. The van der Waals surface area contributed by atoms with Gasteiger partial charge in [-0.2, -0.15) is 0 Å². The van der Waals surface area contributed by atoms with E-state index in [4.69, 9.17) is 17.2 Å². The number of hydrogen-bond donors (Lipinski definition) is 5. The molecule has 0 saturated heterocycles. The van der Waals surface area contributed by atoms with Crippen LogP contribution in [0.4, 0.5) is 0 Å². The number of aromatic nitrogens is 1. The third-order valence-corrected chi connectivity index (χ3v) is 6.44. The lowest BCUT2D eigenvalue weighted by atomic mass is 10.0. The lowest BCUT2D eigenvalue weighted by Gasteiger charge is -2.24. The van der Waals surface area contributed by atoms with Gasteiger partial charge in [0, 0.05) is 44.5 Å². The smallest absolute Gasteiger partial charge is 0.242 e. The average molecular weight is 546 g/mol. The number of carbonyl (C=O) groups excluding carboxylic acids is 3. The summed E-state index contributed by atoms with van der Waals surface area (Å²) in [6, 6.07) is 21.4. The number of nitrogens with zero attached hydrogens (tertiary/aromatic N) is 2. The van der Waals surface area contributed by atoms with Crippen LogP contribution in [0, 0.1) is 0 Å². The summed E-state index contributed by atoms with van der Waals surface area (Å²) in [7, 11) is 0. The quantitative estimate of drug-likeness (QED) is 0.189. The molecule has 40 heavy (non-hydrogen) atoms. The molecule has 10 nitrogen and oxygen atoms in total. The lowest BCUT2D eigenvalue weighted by Crippen LogP contribution is -2.53. The Kier molecular flexibility index (Phi) is 12.2. The number of rotatable bonds is 15. The highest BCUT2D eigenvalue weighted by Crippen LogP contribution is 2.16. The van der Waals surface area contributed by atoms with Crippen LogP contribution < -0.4 is 27.8 Å². The van der Waals surface area contributed by atoms with Crippen LogP contribution in [0.2, 0.25) is 0 Å². The van der Waals surface area contributed by atoms with E-state index in [9.17, 15) is 14.4 Å². The maximum atomic E-state index is 13.2. The van der Waals surface area contributed by atoms with Gasteiger partial charge in [0.25, 0.3) is 0 Å². The molecular formula is C30H39N7O3. The number of carbonyl (C=O) groups is 3. The Morgan fingerprint density at radius 1 is 0.825 bits per heavy atom. The Labute approximate surface area is 235 Å². The van der Waals surface area contributed by atoms with Crippen LogP contribution in [-0.2, 0) is 27.3 Å². The minimum absolute atomic E-state index is 0.210. The highest BCUT2D eigenvalue weighted by molar-refractivity contribution is 5.92. The van der Waals surface area contributed by atoms with E-state index < -0.39 is 18.0 Å². The monoisotopic (exact) mass is 545 g/mol. The number of hydrogen-bond acceptors (Lipinski definition) is 7. The number of amides is 3. The van der Waals surface area contributed by atoms with Gasteiger partial charge in [0.15, 0.2) is 0 Å². The maximum absolute atomic E-state index is 13.2. The van der Waals surface area contributed by atoms with Crippen molar-refractivity contribution in [3.05, 3.63) is 90.1 Å². The summed E-state index contributed by atoms with van der Waals surface area (Å²) in [5, 5.41) is 5.64. The third-order valence-electron chi connectivity index (χ3n) is 6.44. The van der Waals surface area contributed by atoms with Gasteiger partial charge in [-0.25, -0.2) is 0 Å². The van der Waals surface area contributed by atoms with Gasteiger partial charge in [0.05, 0.1) is 18.2 Å². The van der Waals surface area contributed by atoms with Gasteiger partial charge in [-0.3, -0.25) is 19.4 Å². The summed E-state index contributed by atoms with van der Waals surface area (Å²) in [4.78, 5) is 44.7. The summed E-state index contributed by atoms with van der Waals surface area (Å²) in [5.41, 5.74) is 20.9. The molecule has 2 aromatic carbocycles. The standard InChI is InChI=1S/C30H39N7O3/c31-15-17-37(18-16-32)28(38)19-25(33)29(39)36-27(14-11-22-7-3-1-4-8-22)30(40)35-21-23-12-13-26(34-20-23)24-9-5-2-6-10-24/h1-10,12-13,20,25,27H,11,14-19,21,31-33H2,(H,35,40)(H,36,39)/t25-,27-/m0/s1. The molecule has 2 atom stereocenters. The van der Waals surface area contributed by atoms with Crippen molar-refractivity contribution in [3.8, 4) is 11.3 Å². The highest BCUT2D eigenvalue weighted by atomic mass is 16.2. The minimum Gasteiger partial charge on any atom is -0.350 e. The predicted octanol–water partition coefficient (Wildman–Crippen LogP) is 0.946. The van der Waals surface area contributed by atoms with Gasteiger partial charge in [0.2, 0.25) is 17.7 Å². The Morgan fingerprint density at radius 3 is 2.08 bits per heavy atom. The van der Waals surface area contributed by atoms with Crippen molar-refractivity contribution in [2.45, 2.75) is 37.9 Å². The predicted molar refractivity (Wildman–Crippen MR) is 155 cm³/mol. The fourth-order valence-electron chi connectivity index (χ4n) is 4.21. The second-order valence-corrected chi connectivity index (χ2v) is 9.49. The molecule has 0 aliphatic heterocycles. The topological polar surface area (TPSA) is 169 Å². The lowest BCUT2D eigenvalue weighted by molar-refractivity contribution is -0.135. The molecule has 0 aliphatic rings. The maximum Gasteiger partial charge on any atom is 0.242 e. The van der Waals surface area contributed by atoms with E-state index >= 15 is 0 Å². The van der Waals surface area contributed by atoms with E-state index in [0.717, 1.165) is 22.4 Å². The summed E-state index contributed by atoms with van der Waals surface area (Å²) in [5.74, 6) is -1.23. The molecule has 212 valence electrons. The number of nitrogens with one attached hydrogen (secondary N) is 2. The second-order valence-electron chi connectivity index (χ2n) is 9.49. The Morgan fingerprint density at radius 2 is 1.48 bits per heavy atom. The molecule has 0 spiro atoms. The van der Waals surface area contributed by atoms with E-state index in [-0.39, 0.29) is 37.9 Å². The Hall–Kier alpha value is -4.12. The van der Waals surface area contributed by atoms with Crippen molar-refractivity contribution >= 4 is 17.7 Å². The molecule has 1 heterocycles. The van der Waals surface area contributed by atoms with Gasteiger partial charge in [-0.15, -0.1) is 0 Å².